The Morgan fingerprint density at radius 3 is 2.67 bits per heavy atom. The van der Waals surface area contributed by atoms with Gasteiger partial charge in [-0.2, -0.15) is 0 Å². The Kier molecular flexibility index (Phi) is 7.89. The van der Waals surface area contributed by atoms with Gasteiger partial charge in [-0.1, -0.05) is 29.4 Å². The van der Waals surface area contributed by atoms with Crippen LogP contribution >= 0.6 is 23.4 Å². The van der Waals surface area contributed by atoms with Crippen LogP contribution < -0.4 is 5.32 Å². The maximum absolute atomic E-state index is 12.5. The van der Waals surface area contributed by atoms with Crippen LogP contribution in [0.15, 0.2) is 42.1 Å². The number of allylic oxidation sites excluding steroid dienone is 1. The first-order valence-electron chi connectivity index (χ1n) is 9.58. The number of morpholine rings is 1. The van der Waals surface area contributed by atoms with Crippen molar-refractivity contribution in [1.29, 1.82) is 0 Å². The first-order valence-corrected chi connectivity index (χ1v) is 10.9. The maximum Gasteiger partial charge on any atom is 0.251 e. The van der Waals surface area contributed by atoms with E-state index in [9.17, 15) is 9.59 Å². The number of hydrogen-bond acceptors (Lipinski definition) is 6. The van der Waals surface area contributed by atoms with E-state index in [1.54, 1.807) is 35.2 Å². The Bertz CT molecular complexity index is 896. The second-order valence-electron chi connectivity index (χ2n) is 6.72. The van der Waals surface area contributed by atoms with E-state index in [1.165, 1.54) is 11.8 Å². The summed E-state index contributed by atoms with van der Waals surface area (Å²) in [7, 11) is 0. The normalized spacial score (nSPS) is 14.9. The lowest BCUT2D eigenvalue weighted by molar-refractivity contribution is -0.132. The van der Waals surface area contributed by atoms with E-state index >= 15 is 0 Å². The molecule has 1 N–H and O–H groups in total. The fourth-order valence-corrected chi connectivity index (χ4v) is 3.99. The van der Waals surface area contributed by atoms with Gasteiger partial charge in [0, 0.05) is 30.2 Å². The van der Waals surface area contributed by atoms with Gasteiger partial charge in [-0.25, -0.2) is 0 Å². The van der Waals surface area contributed by atoms with E-state index in [2.05, 4.69) is 22.1 Å². The van der Waals surface area contributed by atoms with E-state index in [0.717, 1.165) is 0 Å². The number of carbonyl (C=O) groups is 2. The van der Waals surface area contributed by atoms with Crippen LogP contribution in [0.2, 0.25) is 5.02 Å². The number of benzene rings is 1. The molecule has 1 aliphatic heterocycles. The van der Waals surface area contributed by atoms with Crippen molar-refractivity contribution in [1.82, 2.24) is 25.0 Å². The molecule has 2 amide bonds. The zero-order valence-corrected chi connectivity index (χ0v) is 18.3. The summed E-state index contributed by atoms with van der Waals surface area (Å²) in [5.74, 6) is 0.672. The highest BCUT2D eigenvalue weighted by atomic mass is 35.5. The van der Waals surface area contributed by atoms with Crippen LogP contribution in [0.1, 0.15) is 29.1 Å². The molecule has 160 valence electrons. The molecule has 1 aromatic heterocycles. The zero-order chi connectivity index (χ0) is 21.5. The molecule has 1 aromatic carbocycles. The van der Waals surface area contributed by atoms with Gasteiger partial charge in [0.15, 0.2) is 11.0 Å². The highest BCUT2D eigenvalue weighted by molar-refractivity contribution is 7.99. The van der Waals surface area contributed by atoms with Crippen molar-refractivity contribution in [2.45, 2.75) is 24.7 Å². The predicted molar refractivity (Wildman–Crippen MR) is 116 cm³/mol. The number of halogens is 1. The number of rotatable bonds is 8. The third-order valence-corrected chi connectivity index (χ3v) is 5.79. The molecule has 0 radical (unpaired) electrons. The molecule has 30 heavy (non-hydrogen) atoms. The molecule has 3 rings (SSSR count). The van der Waals surface area contributed by atoms with Crippen molar-refractivity contribution < 1.29 is 14.3 Å². The molecule has 0 spiro atoms. The average Bonchev–Trinajstić information content (AvgIpc) is 3.16. The minimum absolute atomic E-state index is 0.0436. The average molecular weight is 450 g/mol. The first-order chi connectivity index (χ1) is 14.5. The minimum atomic E-state index is -0.384. The highest BCUT2D eigenvalue weighted by Gasteiger charge is 2.22. The Morgan fingerprint density at radius 1 is 1.30 bits per heavy atom. The molecule has 1 unspecified atom stereocenters. The molecule has 2 heterocycles. The Balaban J connectivity index is 1.66. The van der Waals surface area contributed by atoms with Crippen molar-refractivity contribution in [3.63, 3.8) is 0 Å². The molecule has 2 aromatic rings. The maximum atomic E-state index is 12.5. The monoisotopic (exact) mass is 449 g/mol. The van der Waals surface area contributed by atoms with Crippen LogP contribution in [-0.4, -0.2) is 63.5 Å². The number of carbonyl (C=O) groups excluding carboxylic acids is 2. The van der Waals surface area contributed by atoms with Gasteiger partial charge in [-0.15, -0.1) is 16.8 Å². The van der Waals surface area contributed by atoms with Crippen molar-refractivity contribution in [3.8, 4) is 0 Å². The summed E-state index contributed by atoms with van der Waals surface area (Å²) < 4.78 is 7.14. The van der Waals surface area contributed by atoms with Crippen LogP contribution in [0.4, 0.5) is 0 Å². The summed E-state index contributed by atoms with van der Waals surface area (Å²) in [6, 6.07) is 6.28. The molecule has 1 atom stereocenters. The predicted octanol–water partition coefficient (Wildman–Crippen LogP) is 2.56. The second kappa shape index (κ2) is 10.6. The quantitative estimate of drug-likeness (QED) is 0.492. The summed E-state index contributed by atoms with van der Waals surface area (Å²) in [6.07, 6.45) is 1.73. The summed E-state index contributed by atoms with van der Waals surface area (Å²) in [6.45, 7) is 8.45. The number of nitrogens with one attached hydrogen (secondary N) is 1. The molecule has 8 nitrogen and oxygen atoms in total. The number of nitrogens with zero attached hydrogens (tertiary/aromatic N) is 4. The lowest BCUT2D eigenvalue weighted by atomic mass is 10.2. The van der Waals surface area contributed by atoms with E-state index in [-0.39, 0.29) is 23.6 Å². The van der Waals surface area contributed by atoms with Gasteiger partial charge in [0.05, 0.1) is 25.0 Å². The molecule has 10 heteroatoms. The van der Waals surface area contributed by atoms with E-state index in [1.807, 2.05) is 11.5 Å². The standard InChI is InChI=1S/C20H24ClN5O3S/c1-3-8-26-18(14(2)22-19(28)15-4-6-16(21)7-5-15)23-24-20(26)30-13-17(27)25-9-11-29-12-10-25/h3-7,14H,1,8-13H2,2H3,(H,22,28). The van der Waals surface area contributed by atoms with Crippen LogP contribution in [0, 0.1) is 0 Å². The van der Waals surface area contributed by atoms with Crippen LogP contribution in [0.5, 0.6) is 0 Å². The Labute approximate surface area is 184 Å². The molecule has 1 fully saturated rings. The van der Waals surface area contributed by atoms with Crippen LogP contribution in [0.25, 0.3) is 0 Å². The van der Waals surface area contributed by atoms with E-state index < -0.39 is 0 Å². The van der Waals surface area contributed by atoms with E-state index in [0.29, 0.717) is 54.4 Å². The topological polar surface area (TPSA) is 89.3 Å². The minimum Gasteiger partial charge on any atom is -0.378 e. The molecule has 1 saturated heterocycles. The van der Waals surface area contributed by atoms with Crippen LogP contribution in [0.3, 0.4) is 0 Å². The van der Waals surface area contributed by atoms with E-state index in [4.69, 9.17) is 16.3 Å². The van der Waals surface area contributed by atoms with Crippen molar-refractivity contribution in [3.05, 3.63) is 53.3 Å². The molecular formula is C20H24ClN5O3S. The summed E-state index contributed by atoms with van der Waals surface area (Å²) in [4.78, 5) is 26.7. The summed E-state index contributed by atoms with van der Waals surface area (Å²) in [5.41, 5.74) is 0.506. The number of thioether (sulfide) groups is 1. The smallest absolute Gasteiger partial charge is 0.251 e. The zero-order valence-electron chi connectivity index (χ0n) is 16.7. The van der Waals surface area contributed by atoms with Crippen molar-refractivity contribution in [2.75, 3.05) is 32.1 Å². The fraction of sp³-hybridized carbons (Fsp3) is 0.400. The molecule has 1 aliphatic rings. The van der Waals surface area contributed by atoms with Crippen molar-refractivity contribution >= 4 is 35.2 Å². The third kappa shape index (κ3) is 5.62. The van der Waals surface area contributed by atoms with Gasteiger partial charge in [0.1, 0.15) is 0 Å². The van der Waals surface area contributed by atoms with Gasteiger partial charge < -0.3 is 19.5 Å². The second-order valence-corrected chi connectivity index (χ2v) is 8.10. The largest absolute Gasteiger partial charge is 0.378 e. The number of ether oxygens (including phenoxy) is 1. The van der Waals surface area contributed by atoms with Crippen molar-refractivity contribution in [2.24, 2.45) is 0 Å². The SMILES string of the molecule is C=CCn1c(SCC(=O)N2CCOCC2)nnc1C(C)NC(=O)c1ccc(Cl)cc1. The third-order valence-electron chi connectivity index (χ3n) is 4.59. The highest BCUT2D eigenvalue weighted by Crippen LogP contribution is 2.22. The van der Waals surface area contributed by atoms with Gasteiger partial charge in [-0.3, -0.25) is 9.59 Å². The summed E-state index contributed by atoms with van der Waals surface area (Å²) >= 11 is 7.21. The van der Waals surface area contributed by atoms with Gasteiger partial charge in [0.2, 0.25) is 5.91 Å². The molecule has 0 saturated carbocycles. The first kappa shape index (κ1) is 22.3. The van der Waals surface area contributed by atoms with Gasteiger partial charge >= 0.3 is 0 Å². The molecule has 0 bridgehead atoms. The summed E-state index contributed by atoms with van der Waals surface area (Å²) in [5, 5.41) is 12.6. The molecule has 0 aliphatic carbocycles. The lowest BCUT2D eigenvalue weighted by Crippen LogP contribution is -2.41. The number of amides is 2. The Morgan fingerprint density at radius 2 is 2.00 bits per heavy atom. The van der Waals surface area contributed by atoms with Gasteiger partial charge in [-0.05, 0) is 31.2 Å². The number of aromatic nitrogens is 3. The van der Waals surface area contributed by atoms with Gasteiger partial charge in [0.25, 0.3) is 5.91 Å². The Hall–Kier alpha value is -2.36. The lowest BCUT2D eigenvalue weighted by Gasteiger charge is -2.26. The van der Waals surface area contributed by atoms with Crippen LogP contribution in [-0.2, 0) is 16.1 Å². The number of hydrogen-bond donors (Lipinski definition) is 1. The fourth-order valence-electron chi connectivity index (χ4n) is 3.00. The molecular weight excluding hydrogens is 426 g/mol.